The van der Waals surface area contributed by atoms with E-state index in [0.717, 1.165) is 30.3 Å². The van der Waals surface area contributed by atoms with Crippen molar-refractivity contribution >= 4 is 11.5 Å². The van der Waals surface area contributed by atoms with Crippen LogP contribution in [0.5, 0.6) is 0 Å². The number of hydrogen-bond acceptors (Lipinski definition) is 6. The normalized spacial score (nSPS) is 14.1. The van der Waals surface area contributed by atoms with Crippen LogP contribution < -0.4 is 4.90 Å². The van der Waals surface area contributed by atoms with Gasteiger partial charge in [0.1, 0.15) is 17.8 Å². The highest BCUT2D eigenvalue weighted by Gasteiger charge is 2.20. The van der Waals surface area contributed by atoms with Gasteiger partial charge in [0.25, 0.3) is 6.43 Å². The molecular formula is C17H14F2N8. The van der Waals surface area contributed by atoms with E-state index in [1.54, 1.807) is 18.7 Å². The zero-order valence-electron chi connectivity index (χ0n) is 14.1. The van der Waals surface area contributed by atoms with Crippen molar-refractivity contribution < 1.29 is 8.78 Å². The average molecular weight is 368 g/mol. The summed E-state index contributed by atoms with van der Waals surface area (Å²) in [5.74, 6) is 1.66. The Hall–Kier alpha value is -3.43. The molecule has 0 atom stereocenters. The van der Waals surface area contributed by atoms with Crippen LogP contribution in [-0.2, 0) is 13.1 Å². The van der Waals surface area contributed by atoms with Crippen LogP contribution in [0.1, 0.15) is 17.9 Å². The zero-order valence-corrected chi connectivity index (χ0v) is 14.1. The van der Waals surface area contributed by atoms with E-state index >= 15 is 0 Å². The number of nitrogens with zero attached hydrogens (tertiary/aromatic N) is 8. The van der Waals surface area contributed by atoms with Gasteiger partial charge in [-0.25, -0.2) is 23.3 Å². The van der Waals surface area contributed by atoms with Crippen LogP contribution in [0.4, 0.5) is 14.6 Å². The molecule has 0 fully saturated rings. The van der Waals surface area contributed by atoms with Crippen LogP contribution in [-0.4, -0.2) is 40.9 Å². The number of hydrogen-bond donors (Lipinski definition) is 0. The van der Waals surface area contributed by atoms with Crippen LogP contribution in [0, 0.1) is 0 Å². The fourth-order valence-electron chi connectivity index (χ4n) is 3.21. The Morgan fingerprint density at radius 1 is 1.07 bits per heavy atom. The Bertz CT molecular complexity index is 1120. The Morgan fingerprint density at radius 2 is 2.00 bits per heavy atom. The topological polar surface area (TPSA) is 77.0 Å². The minimum Gasteiger partial charge on any atom is -0.347 e. The van der Waals surface area contributed by atoms with Gasteiger partial charge in [0.05, 0.1) is 18.4 Å². The van der Waals surface area contributed by atoms with Gasteiger partial charge < -0.3 is 9.47 Å². The van der Waals surface area contributed by atoms with Crippen molar-refractivity contribution in [1.29, 1.82) is 0 Å². The average Bonchev–Trinajstić information content (AvgIpc) is 3.33. The lowest BCUT2D eigenvalue weighted by Gasteiger charge is -2.28. The van der Waals surface area contributed by atoms with E-state index in [9.17, 15) is 8.78 Å². The molecule has 0 aromatic carbocycles. The van der Waals surface area contributed by atoms with Gasteiger partial charge in [0, 0.05) is 24.8 Å². The molecule has 0 saturated carbocycles. The van der Waals surface area contributed by atoms with E-state index in [-0.39, 0.29) is 5.69 Å². The van der Waals surface area contributed by atoms with Crippen LogP contribution in [0.2, 0.25) is 0 Å². The second kappa shape index (κ2) is 6.08. The number of rotatable bonds is 3. The molecule has 5 rings (SSSR count). The van der Waals surface area contributed by atoms with Crippen molar-refractivity contribution in [2.24, 2.45) is 0 Å². The fraction of sp³-hybridized carbons (Fsp3) is 0.235. The molecule has 4 aromatic heterocycles. The summed E-state index contributed by atoms with van der Waals surface area (Å²) in [6.45, 7) is 2.17. The molecule has 27 heavy (non-hydrogen) atoms. The highest BCUT2D eigenvalue weighted by atomic mass is 19.3. The third-order valence-electron chi connectivity index (χ3n) is 4.61. The minimum absolute atomic E-state index is 0.286. The van der Waals surface area contributed by atoms with Crippen molar-refractivity contribution in [3.63, 3.8) is 0 Å². The lowest BCUT2D eigenvalue weighted by atomic mass is 10.2. The second-order valence-electron chi connectivity index (χ2n) is 6.24. The first-order chi connectivity index (χ1) is 13.2. The van der Waals surface area contributed by atoms with Gasteiger partial charge in [-0.2, -0.15) is 5.10 Å². The largest absolute Gasteiger partial charge is 0.347 e. The van der Waals surface area contributed by atoms with E-state index < -0.39 is 6.43 Å². The van der Waals surface area contributed by atoms with Crippen molar-refractivity contribution in [1.82, 2.24) is 34.3 Å². The van der Waals surface area contributed by atoms with Crippen LogP contribution in [0.15, 0.2) is 43.0 Å². The Balaban J connectivity index is 1.53. The number of fused-ring (bicyclic) bond motifs is 2. The Kier molecular flexibility index (Phi) is 3.56. The lowest BCUT2D eigenvalue weighted by Crippen LogP contribution is -2.34. The van der Waals surface area contributed by atoms with Gasteiger partial charge in [-0.1, -0.05) is 0 Å². The van der Waals surface area contributed by atoms with E-state index in [4.69, 9.17) is 0 Å². The molecule has 0 spiro atoms. The molecule has 0 N–H and O–H groups in total. The summed E-state index contributed by atoms with van der Waals surface area (Å²) in [7, 11) is 0. The third-order valence-corrected chi connectivity index (χ3v) is 4.61. The molecule has 0 radical (unpaired) electrons. The van der Waals surface area contributed by atoms with Gasteiger partial charge in [-0.3, -0.25) is 0 Å². The number of aromatic nitrogens is 7. The van der Waals surface area contributed by atoms with Crippen LogP contribution in [0.3, 0.4) is 0 Å². The minimum atomic E-state index is -2.64. The summed E-state index contributed by atoms with van der Waals surface area (Å²) in [5, 5.41) is 12.1. The highest BCUT2D eigenvalue weighted by molar-refractivity contribution is 5.66. The molecule has 0 unspecified atom stereocenters. The standard InChI is InChI=1S/C17H14F2N8/c18-17(19)12-1-2-14-21-8-13(27(14)24-12)11-3-4-20-15(7-11)25-5-6-26-10-22-23-16(26)9-25/h1-4,7-8,10,17H,5-6,9H2. The van der Waals surface area contributed by atoms with Crippen molar-refractivity contribution in [3.8, 4) is 11.3 Å². The summed E-state index contributed by atoms with van der Waals surface area (Å²) in [4.78, 5) is 10.8. The first kappa shape index (κ1) is 15.8. The quantitative estimate of drug-likeness (QED) is 0.552. The third kappa shape index (κ3) is 2.69. The van der Waals surface area contributed by atoms with E-state index in [0.29, 0.717) is 17.9 Å². The first-order valence-electron chi connectivity index (χ1n) is 8.40. The Labute approximate surface area is 152 Å². The summed E-state index contributed by atoms with van der Waals surface area (Å²) in [5.41, 5.74) is 1.67. The monoisotopic (exact) mass is 368 g/mol. The number of anilines is 1. The summed E-state index contributed by atoms with van der Waals surface area (Å²) < 4.78 is 29.5. The van der Waals surface area contributed by atoms with Gasteiger partial charge in [-0.05, 0) is 24.3 Å². The molecule has 10 heteroatoms. The lowest BCUT2D eigenvalue weighted by molar-refractivity contribution is 0.144. The number of pyridine rings is 1. The van der Waals surface area contributed by atoms with Gasteiger partial charge in [-0.15, -0.1) is 10.2 Å². The van der Waals surface area contributed by atoms with Gasteiger partial charge in [0.2, 0.25) is 0 Å². The molecule has 0 amide bonds. The predicted molar refractivity (Wildman–Crippen MR) is 92.2 cm³/mol. The van der Waals surface area contributed by atoms with E-state index in [1.165, 1.54) is 16.6 Å². The van der Waals surface area contributed by atoms with Crippen molar-refractivity contribution in [2.45, 2.75) is 19.5 Å². The maximum Gasteiger partial charge on any atom is 0.282 e. The van der Waals surface area contributed by atoms with Crippen LogP contribution in [0.25, 0.3) is 16.9 Å². The predicted octanol–water partition coefficient (Wildman–Crippen LogP) is 2.34. The van der Waals surface area contributed by atoms with Crippen LogP contribution >= 0.6 is 0 Å². The maximum atomic E-state index is 13.0. The fourth-order valence-corrected chi connectivity index (χ4v) is 3.21. The number of alkyl halides is 2. The molecule has 5 heterocycles. The molecule has 4 aromatic rings. The van der Waals surface area contributed by atoms with E-state index in [1.807, 2.05) is 16.7 Å². The molecular weight excluding hydrogens is 354 g/mol. The number of halogens is 2. The first-order valence-corrected chi connectivity index (χ1v) is 8.40. The maximum absolute atomic E-state index is 13.0. The molecule has 0 bridgehead atoms. The zero-order chi connectivity index (χ0) is 18.4. The summed E-state index contributed by atoms with van der Waals surface area (Å²) in [6, 6.07) is 6.55. The van der Waals surface area contributed by atoms with E-state index in [2.05, 4.69) is 30.2 Å². The summed E-state index contributed by atoms with van der Waals surface area (Å²) in [6.07, 6.45) is 2.41. The summed E-state index contributed by atoms with van der Waals surface area (Å²) >= 11 is 0. The Morgan fingerprint density at radius 3 is 2.89 bits per heavy atom. The number of imidazole rings is 1. The molecule has 1 aliphatic heterocycles. The van der Waals surface area contributed by atoms with Gasteiger partial charge in [0.15, 0.2) is 11.5 Å². The molecule has 8 nitrogen and oxygen atoms in total. The SMILES string of the molecule is FC(F)c1ccc2ncc(-c3ccnc(N4CCn5cnnc5C4)c3)n2n1. The van der Waals surface area contributed by atoms with Gasteiger partial charge >= 0.3 is 0 Å². The smallest absolute Gasteiger partial charge is 0.282 e. The van der Waals surface area contributed by atoms with Crippen molar-refractivity contribution in [2.75, 3.05) is 11.4 Å². The van der Waals surface area contributed by atoms with Crippen molar-refractivity contribution in [3.05, 3.63) is 54.5 Å². The molecule has 0 aliphatic carbocycles. The second-order valence-corrected chi connectivity index (χ2v) is 6.24. The molecule has 136 valence electrons. The highest BCUT2D eigenvalue weighted by Crippen LogP contribution is 2.26. The molecule has 1 aliphatic rings. The molecule has 0 saturated heterocycles.